The molecule has 0 saturated heterocycles. The van der Waals surface area contributed by atoms with E-state index in [9.17, 15) is 14.4 Å². The van der Waals surface area contributed by atoms with Gasteiger partial charge in [0.25, 0.3) is 5.56 Å². The second kappa shape index (κ2) is 6.06. The number of hydrogen-bond acceptors (Lipinski definition) is 4. The number of primary amides is 1. The van der Waals surface area contributed by atoms with Gasteiger partial charge < -0.3 is 10.7 Å². The molecule has 0 aromatic carbocycles. The number of aromatic amines is 1. The van der Waals surface area contributed by atoms with Crippen LogP contribution in [0.25, 0.3) is 11.2 Å². The maximum Gasteiger partial charge on any atom is 0.332 e. The number of carbonyl (C=O) groups excluding carboxylic acids is 1. The lowest BCUT2D eigenvalue weighted by Crippen LogP contribution is -2.40. The van der Waals surface area contributed by atoms with E-state index in [2.05, 4.69) is 4.98 Å². The van der Waals surface area contributed by atoms with Gasteiger partial charge in [-0.15, -0.1) is 0 Å². The number of hydrogen-bond donors (Lipinski definition) is 2. The van der Waals surface area contributed by atoms with Crippen molar-refractivity contribution >= 4 is 17.1 Å². The fourth-order valence-corrected chi connectivity index (χ4v) is 6.36. The number of amides is 1. The molecule has 0 aliphatic heterocycles. The number of imidazole rings is 1. The summed E-state index contributed by atoms with van der Waals surface area (Å²) in [5.41, 5.74) is 5.34. The van der Waals surface area contributed by atoms with E-state index >= 15 is 0 Å². The number of H-pyrrole nitrogens is 1. The van der Waals surface area contributed by atoms with Gasteiger partial charge in [-0.3, -0.25) is 18.7 Å². The molecule has 0 spiro atoms. The van der Waals surface area contributed by atoms with E-state index in [1.54, 1.807) is 0 Å². The van der Waals surface area contributed by atoms with Crippen LogP contribution in [-0.4, -0.2) is 25.0 Å². The molecule has 150 valence electrons. The SMILES string of the molecule is CCCn1c(=O)c2[nH]c(C34CC5CC(C3)C(C5)C4)nc2n(CCC(N)=O)c1=O. The van der Waals surface area contributed by atoms with E-state index in [0.717, 1.165) is 42.8 Å². The van der Waals surface area contributed by atoms with Crippen LogP contribution in [0.15, 0.2) is 9.59 Å². The first kappa shape index (κ1) is 17.7. The normalized spacial score (nSPS) is 30.5. The van der Waals surface area contributed by atoms with Gasteiger partial charge in [0.05, 0.1) is 0 Å². The molecule has 3 N–H and O–H groups in total. The third kappa shape index (κ3) is 2.42. The molecule has 2 unspecified atom stereocenters. The summed E-state index contributed by atoms with van der Waals surface area (Å²) in [4.78, 5) is 45.4. The summed E-state index contributed by atoms with van der Waals surface area (Å²) in [6, 6.07) is 0. The summed E-state index contributed by atoms with van der Waals surface area (Å²) in [5, 5.41) is 0. The van der Waals surface area contributed by atoms with Crippen LogP contribution in [0.5, 0.6) is 0 Å². The summed E-state index contributed by atoms with van der Waals surface area (Å²) < 4.78 is 2.70. The van der Waals surface area contributed by atoms with Gasteiger partial charge in [0.15, 0.2) is 5.65 Å². The standard InChI is InChI=1S/C20H27N5O3/c1-2-4-25-17(27)15-16(24(19(25)28)5-3-14(21)26)23-18(22-15)20-8-11-6-12(9-20)13(7-11)10-20/h11-13H,2-10H2,1H3,(H2,21,26)(H,22,23). The Morgan fingerprint density at radius 2 is 1.89 bits per heavy atom. The van der Waals surface area contributed by atoms with Crippen LogP contribution in [0.1, 0.15) is 57.7 Å². The lowest BCUT2D eigenvalue weighted by molar-refractivity contribution is -0.118. The lowest BCUT2D eigenvalue weighted by Gasteiger charge is -2.36. The molecule has 4 fully saturated rings. The molecule has 2 aromatic heterocycles. The Kier molecular flexibility index (Phi) is 3.83. The molecule has 8 heteroatoms. The molecule has 2 aromatic rings. The van der Waals surface area contributed by atoms with E-state index < -0.39 is 11.6 Å². The molecule has 0 radical (unpaired) electrons. The lowest BCUT2D eigenvalue weighted by atomic mass is 9.69. The smallest absolute Gasteiger partial charge is 0.332 e. The van der Waals surface area contributed by atoms with Gasteiger partial charge in [-0.25, -0.2) is 9.78 Å². The zero-order valence-corrected chi connectivity index (χ0v) is 16.2. The molecular formula is C20H27N5O3. The minimum Gasteiger partial charge on any atom is -0.370 e. The number of nitrogens with zero attached hydrogens (tertiary/aromatic N) is 3. The number of fused-ring (bicyclic) bond motifs is 1. The van der Waals surface area contributed by atoms with Gasteiger partial charge in [0, 0.05) is 24.9 Å². The van der Waals surface area contributed by atoms with Crippen molar-refractivity contribution in [2.75, 3.05) is 0 Å². The highest BCUT2D eigenvalue weighted by Crippen LogP contribution is 2.64. The molecular weight excluding hydrogens is 358 g/mol. The summed E-state index contributed by atoms with van der Waals surface area (Å²) >= 11 is 0. The Bertz CT molecular complexity index is 1060. The predicted octanol–water partition coefficient (Wildman–Crippen LogP) is 1.25. The fraction of sp³-hybridized carbons (Fsp3) is 0.700. The minimum atomic E-state index is -0.478. The Morgan fingerprint density at radius 1 is 1.18 bits per heavy atom. The molecule has 4 aliphatic rings. The summed E-state index contributed by atoms with van der Waals surface area (Å²) in [6.07, 6.45) is 6.75. The van der Waals surface area contributed by atoms with Crippen LogP contribution in [-0.2, 0) is 23.3 Å². The zero-order valence-electron chi connectivity index (χ0n) is 16.2. The molecule has 6 rings (SSSR count). The quantitative estimate of drug-likeness (QED) is 0.778. The highest BCUT2D eigenvalue weighted by molar-refractivity contribution is 5.74. The van der Waals surface area contributed by atoms with E-state index in [0.29, 0.717) is 24.1 Å². The Morgan fingerprint density at radius 3 is 2.50 bits per heavy atom. The molecule has 4 saturated carbocycles. The van der Waals surface area contributed by atoms with E-state index in [4.69, 9.17) is 10.7 Å². The van der Waals surface area contributed by atoms with Crippen molar-refractivity contribution in [1.29, 1.82) is 0 Å². The van der Waals surface area contributed by atoms with Gasteiger partial charge in [-0.1, -0.05) is 6.92 Å². The summed E-state index contributed by atoms with van der Waals surface area (Å²) in [6.45, 7) is 2.41. The number of carbonyl (C=O) groups is 1. The Labute approximate surface area is 162 Å². The monoisotopic (exact) mass is 385 g/mol. The van der Waals surface area contributed by atoms with Crippen molar-refractivity contribution in [3.8, 4) is 0 Å². The maximum absolute atomic E-state index is 13.0. The highest BCUT2D eigenvalue weighted by atomic mass is 16.2. The molecule has 28 heavy (non-hydrogen) atoms. The Hall–Kier alpha value is -2.38. The Balaban J connectivity index is 1.67. The van der Waals surface area contributed by atoms with E-state index in [-0.39, 0.29) is 23.9 Å². The third-order valence-electron chi connectivity index (χ3n) is 7.32. The molecule has 4 bridgehead atoms. The number of aryl methyl sites for hydroxylation is 1. The summed E-state index contributed by atoms with van der Waals surface area (Å²) in [7, 11) is 0. The minimum absolute atomic E-state index is 0.0160. The molecule has 4 aliphatic carbocycles. The van der Waals surface area contributed by atoms with Gasteiger partial charge in [0.2, 0.25) is 5.91 Å². The van der Waals surface area contributed by atoms with Crippen molar-refractivity contribution in [2.24, 2.45) is 23.5 Å². The van der Waals surface area contributed by atoms with Gasteiger partial charge in [0.1, 0.15) is 11.3 Å². The van der Waals surface area contributed by atoms with Gasteiger partial charge in [-0.2, -0.15) is 0 Å². The second-order valence-corrected chi connectivity index (χ2v) is 9.14. The average molecular weight is 385 g/mol. The van der Waals surface area contributed by atoms with Crippen molar-refractivity contribution in [3.63, 3.8) is 0 Å². The van der Waals surface area contributed by atoms with Crippen LogP contribution in [0.2, 0.25) is 0 Å². The topological polar surface area (TPSA) is 116 Å². The number of aromatic nitrogens is 4. The third-order valence-corrected chi connectivity index (χ3v) is 7.32. The van der Waals surface area contributed by atoms with Crippen molar-refractivity contribution in [2.45, 2.75) is 70.4 Å². The molecule has 1 amide bonds. The first-order chi connectivity index (χ1) is 13.4. The van der Waals surface area contributed by atoms with Crippen LogP contribution in [0.4, 0.5) is 0 Å². The van der Waals surface area contributed by atoms with Crippen LogP contribution in [0, 0.1) is 17.8 Å². The molecule has 8 nitrogen and oxygen atoms in total. The van der Waals surface area contributed by atoms with E-state index in [1.165, 1.54) is 22.0 Å². The fourth-order valence-electron chi connectivity index (χ4n) is 6.36. The zero-order chi connectivity index (χ0) is 19.6. The van der Waals surface area contributed by atoms with Crippen LogP contribution in [0.3, 0.4) is 0 Å². The van der Waals surface area contributed by atoms with Crippen LogP contribution >= 0.6 is 0 Å². The number of rotatable bonds is 6. The maximum atomic E-state index is 13.0. The molecule has 2 atom stereocenters. The highest BCUT2D eigenvalue weighted by Gasteiger charge is 2.57. The van der Waals surface area contributed by atoms with Gasteiger partial charge >= 0.3 is 5.69 Å². The number of nitrogens with one attached hydrogen (secondary N) is 1. The first-order valence-electron chi connectivity index (χ1n) is 10.4. The van der Waals surface area contributed by atoms with Crippen molar-refractivity contribution in [1.82, 2.24) is 19.1 Å². The largest absolute Gasteiger partial charge is 0.370 e. The number of nitrogens with two attached hydrogens (primary N) is 1. The summed E-state index contributed by atoms with van der Waals surface area (Å²) in [5.74, 6) is 2.70. The first-order valence-corrected chi connectivity index (χ1v) is 10.4. The van der Waals surface area contributed by atoms with Gasteiger partial charge in [-0.05, 0) is 56.3 Å². The van der Waals surface area contributed by atoms with Crippen LogP contribution < -0.4 is 17.0 Å². The second-order valence-electron chi connectivity index (χ2n) is 9.14. The molecule has 2 heterocycles. The van der Waals surface area contributed by atoms with E-state index in [1.807, 2.05) is 6.92 Å². The predicted molar refractivity (Wildman–Crippen MR) is 104 cm³/mol. The average Bonchev–Trinajstić information content (AvgIpc) is 3.28. The van der Waals surface area contributed by atoms with Crippen molar-refractivity contribution in [3.05, 3.63) is 26.7 Å². The van der Waals surface area contributed by atoms with Crippen molar-refractivity contribution < 1.29 is 4.79 Å².